The van der Waals surface area contributed by atoms with E-state index in [1.807, 2.05) is 0 Å². The van der Waals surface area contributed by atoms with Crippen molar-refractivity contribution in [1.29, 1.82) is 0 Å². The molecule has 0 aliphatic rings. The van der Waals surface area contributed by atoms with Crippen molar-refractivity contribution in [3.63, 3.8) is 0 Å². The Kier molecular flexibility index (Phi) is 4.13. The van der Waals surface area contributed by atoms with Gasteiger partial charge in [-0.3, -0.25) is 14.9 Å². The summed E-state index contributed by atoms with van der Waals surface area (Å²) in [5.74, 6) is -0.370. The average Bonchev–Trinajstić information content (AvgIpc) is 2.47. The standard InChI is InChI=1S/C14H14N4O3/c1-9-7-10(4-6-13(9)18(20)21)17-14(19)12-5-3-11(15-2)8-16-12/h3-8,15H,1-2H3,(H,17,19). The van der Waals surface area contributed by atoms with Crippen LogP contribution in [0.2, 0.25) is 0 Å². The Morgan fingerprint density at radius 1 is 1.24 bits per heavy atom. The van der Waals surface area contributed by atoms with Crippen LogP contribution in [0.4, 0.5) is 17.1 Å². The number of anilines is 2. The van der Waals surface area contributed by atoms with E-state index in [-0.39, 0.29) is 17.3 Å². The Hall–Kier alpha value is -2.96. The number of nitro benzene ring substituents is 1. The SMILES string of the molecule is CNc1ccc(C(=O)Nc2ccc([N+](=O)[O-])c(C)c2)nc1. The van der Waals surface area contributed by atoms with Gasteiger partial charge in [-0.2, -0.15) is 0 Å². The first-order valence-corrected chi connectivity index (χ1v) is 6.21. The van der Waals surface area contributed by atoms with E-state index >= 15 is 0 Å². The van der Waals surface area contributed by atoms with Gasteiger partial charge in [0.05, 0.1) is 16.8 Å². The number of benzene rings is 1. The van der Waals surface area contributed by atoms with Gasteiger partial charge in [-0.05, 0) is 31.2 Å². The third-order valence-electron chi connectivity index (χ3n) is 2.94. The number of carbonyl (C=O) groups excluding carboxylic acids is 1. The lowest BCUT2D eigenvalue weighted by molar-refractivity contribution is -0.385. The van der Waals surface area contributed by atoms with E-state index in [1.165, 1.54) is 12.1 Å². The number of hydrogen-bond donors (Lipinski definition) is 2. The molecule has 1 aromatic carbocycles. The van der Waals surface area contributed by atoms with Gasteiger partial charge < -0.3 is 10.6 Å². The number of carbonyl (C=O) groups is 1. The number of rotatable bonds is 4. The summed E-state index contributed by atoms with van der Waals surface area (Å²) >= 11 is 0. The summed E-state index contributed by atoms with van der Waals surface area (Å²) in [6.45, 7) is 1.62. The number of aromatic nitrogens is 1. The van der Waals surface area contributed by atoms with Crippen LogP contribution in [0.1, 0.15) is 16.1 Å². The Bertz CT molecular complexity index is 683. The molecule has 0 saturated heterocycles. The molecule has 21 heavy (non-hydrogen) atoms. The molecule has 0 aliphatic carbocycles. The van der Waals surface area contributed by atoms with E-state index in [4.69, 9.17) is 0 Å². The molecule has 0 aliphatic heterocycles. The predicted molar refractivity (Wildman–Crippen MR) is 79.6 cm³/mol. The smallest absolute Gasteiger partial charge is 0.274 e. The van der Waals surface area contributed by atoms with Crippen LogP contribution in [0.5, 0.6) is 0 Å². The monoisotopic (exact) mass is 286 g/mol. The van der Waals surface area contributed by atoms with Gasteiger partial charge in [-0.15, -0.1) is 0 Å². The zero-order valence-corrected chi connectivity index (χ0v) is 11.6. The summed E-state index contributed by atoms with van der Waals surface area (Å²) in [7, 11) is 1.76. The molecule has 0 spiro atoms. The first kappa shape index (κ1) is 14.4. The van der Waals surface area contributed by atoms with E-state index < -0.39 is 4.92 Å². The Balaban J connectivity index is 2.15. The van der Waals surface area contributed by atoms with E-state index in [0.29, 0.717) is 11.3 Å². The molecule has 7 heteroatoms. The van der Waals surface area contributed by atoms with Gasteiger partial charge in [-0.25, -0.2) is 4.98 Å². The molecule has 1 amide bonds. The summed E-state index contributed by atoms with van der Waals surface area (Å²) in [5, 5.41) is 16.3. The summed E-state index contributed by atoms with van der Waals surface area (Å²) < 4.78 is 0. The second kappa shape index (κ2) is 6.00. The lowest BCUT2D eigenvalue weighted by atomic mass is 10.2. The van der Waals surface area contributed by atoms with Crippen LogP contribution in [-0.2, 0) is 0 Å². The highest BCUT2D eigenvalue weighted by atomic mass is 16.6. The number of nitrogens with zero attached hydrogens (tertiary/aromatic N) is 2. The molecule has 0 bridgehead atoms. The molecule has 0 atom stereocenters. The third-order valence-corrected chi connectivity index (χ3v) is 2.94. The lowest BCUT2D eigenvalue weighted by Crippen LogP contribution is -2.13. The molecule has 1 aromatic heterocycles. The van der Waals surface area contributed by atoms with E-state index in [0.717, 1.165) is 5.69 Å². The number of aryl methyl sites for hydroxylation is 1. The Labute approximate surface area is 121 Å². The van der Waals surface area contributed by atoms with Gasteiger partial charge in [0.15, 0.2) is 0 Å². The minimum absolute atomic E-state index is 0.0181. The molecule has 7 nitrogen and oxygen atoms in total. The predicted octanol–water partition coefficient (Wildman–Crippen LogP) is 2.59. The molecular formula is C14H14N4O3. The van der Waals surface area contributed by atoms with Gasteiger partial charge in [0.1, 0.15) is 5.69 Å². The zero-order valence-electron chi connectivity index (χ0n) is 11.6. The lowest BCUT2D eigenvalue weighted by Gasteiger charge is -2.06. The summed E-state index contributed by atoms with van der Waals surface area (Å²) in [6.07, 6.45) is 1.55. The van der Waals surface area contributed by atoms with Crippen molar-refractivity contribution in [3.8, 4) is 0 Å². The van der Waals surface area contributed by atoms with Crippen molar-refractivity contribution in [3.05, 3.63) is 57.9 Å². The third kappa shape index (κ3) is 3.33. The van der Waals surface area contributed by atoms with Crippen LogP contribution in [0, 0.1) is 17.0 Å². The van der Waals surface area contributed by atoms with E-state index in [2.05, 4.69) is 15.6 Å². The molecular weight excluding hydrogens is 272 g/mol. The van der Waals surface area contributed by atoms with E-state index in [1.54, 1.807) is 38.4 Å². The number of hydrogen-bond acceptors (Lipinski definition) is 5. The van der Waals surface area contributed by atoms with Crippen molar-refractivity contribution in [2.45, 2.75) is 6.92 Å². The molecule has 1 heterocycles. The topological polar surface area (TPSA) is 97.2 Å². The highest BCUT2D eigenvalue weighted by molar-refractivity contribution is 6.03. The molecule has 108 valence electrons. The highest BCUT2D eigenvalue weighted by Gasteiger charge is 2.12. The first-order valence-electron chi connectivity index (χ1n) is 6.21. The number of nitro groups is 1. The number of nitrogens with one attached hydrogen (secondary N) is 2. The summed E-state index contributed by atoms with van der Waals surface area (Å²) in [6, 6.07) is 7.74. The van der Waals surface area contributed by atoms with Crippen molar-refractivity contribution < 1.29 is 9.72 Å². The van der Waals surface area contributed by atoms with Crippen LogP contribution in [-0.4, -0.2) is 22.9 Å². The maximum absolute atomic E-state index is 12.0. The highest BCUT2D eigenvalue weighted by Crippen LogP contribution is 2.21. The fraction of sp³-hybridized carbons (Fsp3) is 0.143. The van der Waals surface area contributed by atoms with E-state index in [9.17, 15) is 14.9 Å². The Morgan fingerprint density at radius 3 is 2.48 bits per heavy atom. The van der Waals surface area contributed by atoms with Crippen LogP contribution in [0.25, 0.3) is 0 Å². The molecule has 2 aromatic rings. The summed E-state index contributed by atoms with van der Waals surface area (Å²) in [5.41, 5.74) is 2.06. The van der Waals surface area contributed by atoms with Gasteiger partial charge in [-0.1, -0.05) is 0 Å². The van der Waals surface area contributed by atoms with Crippen LogP contribution >= 0.6 is 0 Å². The number of amides is 1. The van der Waals surface area contributed by atoms with Crippen LogP contribution < -0.4 is 10.6 Å². The Morgan fingerprint density at radius 2 is 1.95 bits per heavy atom. The number of pyridine rings is 1. The molecule has 2 N–H and O–H groups in total. The molecule has 0 unspecified atom stereocenters. The largest absolute Gasteiger partial charge is 0.387 e. The maximum Gasteiger partial charge on any atom is 0.274 e. The molecule has 0 radical (unpaired) electrons. The molecule has 0 saturated carbocycles. The molecule has 2 rings (SSSR count). The fourth-order valence-electron chi connectivity index (χ4n) is 1.81. The minimum Gasteiger partial charge on any atom is -0.387 e. The van der Waals surface area contributed by atoms with Crippen molar-refractivity contribution in [1.82, 2.24) is 4.98 Å². The van der Waals surface area contributed by atoms with Crippen molar-refractivity contribution >= 4 is 23.0 Å². The second-order valence-corrected chi connectivity index (χ2v) is 4.39. The average molecular weight is 286 g/mol. The first-order chi connectivity index (χ1) is 10.0. The fourth-order valence-corrected chi connectivity index (χ4v) is 1.81. The van der Waals surface area contributed by atoms with Gasteiger partial charge in [0.2, 0.25) is 0 Å². The van der Waals surface area contributed by atoms with Crippen molar-refractivity contribution in [2.24, 2.45) is 0 Å². The minimum atomic E-state index is -0.459. The van der Waals surface area contributed by atoms with Crippen molar-refractivity contribution in [2.75, 3.05) is 17.7 Å². The van der Waals surface area contributed by atoms with Crippen LogP contribution in [0.15, 0.2) is 36.5 Å². The normalized spacial score (nSPS) is 10.0. The quantitative estimate of drug-likeness (QED) is 0.665. The second-order valence-electron chi connectivity index (χ2n) is 4.39. The van der Waals surface area contributed by atoms with Gasteiger partial charge in [0.25, 0.3) is 11.6 Å². The summed E-state index contributed by atoms with van der Waals surface area (Å²) in [4.78, 5) is 26.3. The zero-order chi connectivity index (χ0) is 15.4. The molecule has 0 fully saturated rings. The van der Waals surface area contributed by atoms with Gasteiger partial charge in [0, 0.05) is 24.4 Å². The van der Waals surface area contributed by atoms with Gasteiger partial charge >= 0.3 is 0 Å². The van der Waals surface area contributed by atoms with Crippen LogP contribution in [0.3, 0.4) is 0 Å². The maximum atomic E-state index is 12.0.